The van der Waals surface area contributed by atoms with Crippen LogP contribution in [-0.2, 0) is 0 Å². The van der Waals surface area contributed by atoms with Gasteiger partial charge < -0.3 is 9.90 Å². The molecule has 9 heteroatoms. The molecule has 0 atom stereocenters. The highest BCUT2D eigenvalue weighted by Crippen LogP contribution is 2.45. The van der Waals surface area contributed by atoms with Gasteiger partial charge in [0.2, 0.25) is 0 Å². The summed E-state index contributed by atoms with van der Waals surface area (Å²) in [4.78, 5) is 37.0. The minimum Gasteiger partial charge on any atom is -0.545 e. The van der Waals surface area contributed by atoms with Gasteiger partial charge in [0.25, 0.3) is 11.8 Å². The van der Waals surface area contributed by atoms with Crippen molar-refractivity contribution in [3.8, 4) is 0 Å². The normalized spacial score (nSPS) is 13.4. The van der Waals surface area contributed by atoms with Crippen LogP contribution < -0.4 is 10.0 Å². The summed E-state index contributed by atoms with van der Waals surface area (Å²) in [6.45, 7) is 0. The Morgan fingerprint density at radius 2 is 1.38 bits per heavy atom. The summed E-state index contributed by atoms with van der Waals surface area (Å²) in [5.74, 6) is -3.01. The average Bonchev–Trinajstić information content (AvgIpc) is 2.82. The third-order valence-corrected chi connectivity index (χ3v) is 5.24. The summed E-state index contributed by atoms with van der Waals surface area (Å²) in [7, 11) is 0. The highest BCUT2D eigenvalue weighted by molar-refractivity contribution is 6.56. The molecule has 2 amide bonds. The Kier molecular flexibility index (Phi) is 4.21. The zero-order chi connectivity index (χ0) is 17.8. The van der Waals surface area contributed by atoms with E-state index in [-0.39, 0.29) is 42.5 Å². The number of carboxylic acid groups (broad SMARTS) is 1. The molecule has 1 aliphatic rings. The van der Waals surface area contributed by atoms with Gasteiger partial charge in [0.1, 0.15) is 0 Å². The first kappa shape index (κ1) is 17.0. The molecule has 24 heavy (non-hydrogen) atoms. The highest BCUT2D eigenvalue weighted by Gasteiger charge is 2.42. The second-order valence-corrected chi connectivity index (χ2v) is 6.30. The fraction of sp³-hybridized carbons (Fsp3) is 0. The smallest absolute Gasteiger partial charge is 0.267 e. The number of rotatable bonds is 2. The van der Waals surface area contributed by atoms with Crippen LogP contribution in [0.5, 0.6) is 0 Å². The van der Waals surface area contributed by atoms with E-state index in [4.69, 9.17) is 46.4 Å². The molecule has 0 saturated carbocycles. The summed E-state index contributed by atoms with van der Waals surface area (Å²) in [6.07, 6.45) is 0. The number of imide groups is 1. The summed E-state index contributed by atoms with van der Waals surface area (Å²) in [5.41, 5.74) is -0.528. The van der Waals surface area contributed by atoms with Crippen molar-refractivity contribution in [1.82, 2.24) is 0 Å². The molecule has 3 rings (SSSR count). The molecule has 0 fully saturated rings. The van der Waals surface area contributed by atoms with E-state index in [1.165, 1.54) is 18.2 Å². The second kappa shape index (κ2) is 5.93. The number of carboxylic acids is 1. The fourth-order valence-electron chi connectivity index (χ4n) is 2.36. The van der Waals surface area contributed by atoms with E-state index in [0.717, 1.165) is 11.0 Å². The van der Waals surface area contributed by atoms with Crippen molar-refractivity contribution < 1.29 is 19.5 Å². The van der Waals surface area contributed by atoms with Crippen LogP contribution in [0.4, 0.5) is 5.69 Å². The number of carbonyl (C=O) groups is 3. The van der Waals surface area contributed by atoms with Gasteiger partial charge >= 0.3 is 0 Å². The number of nitrogens with zero attached hydrogens (tertiary/aromatic N) is 1. The Morgan fingerprint density at radius 3 is 1.83 bits per heavy atom. The van der Waals surface area contributed by atoms with Gasteiger partial charge in [-0.15, -0.1) is 0 Å². The molecule has 122 valence electrons. The van der Waals surface area contributed by atoms with E-state index in [0.29, 0.717) is 0 Å². The summed E-state index contributed by atoms with van der Waals surface area (Å²) in [5, 5.41) is 10.3. The van der Waals surface area contributed by atoms with Crippen molar-refractivity contribution >= 4 is 69.9 Å². The number of hydrogen-bond donors (Lipinski definition) is 0. The third-order valence-electron chi connectivity index (χ3n) is 3.44. The molecule has 0 N–H and O–H groups in total. The van der Waals surface area contributed by atoms with E-state index in [1.54, 1.807) is 0 Å². The largest absolute Gasteiger partial charge is 0.545 e. The van der Waals surface area contributed by atoms with E-state index in [1.807, 2.05) is 0 Å². The summed E-state index contributed by atoms with van der Waals surface area (Å²) >= 11 is 23.9. The Bertz CT molecular complexity index is 895. The van der Waals surface area contributed by atoms with Gasteiger partial charge in [-0.05, 0) is 17.7 Å². The summed E-state index contributed by atoms with van der Waals surface area (Å²) in [6, 6.07) is 5.15. The van der Waals surface area contributed by atoms with Gasteiger partial charge in [0.15, 0.2) is 0 Å². The van der Waals surface area contributed by atoms with Gasteiger partial charge in [0.05, 0.1) is 42.9 Å². The van der Waals surface area contributed by atoms with Gasteiger partial charge in [0, 0.05) is 0 Å². The van der Waals surface area contributed by atoms with Crippen LogP contribution in [0.15, 0.2) is 24.3 Å². The predicted octanol–water partition coefficient (Wildman–Crippen LogP) is 3.46. The zero-order valence-electron chi connectivity index (χ0n) is 11.4. The van der Waals surface area contributed by atoms with Crippen LogP contribution in [0.25, 0.3) is 0 Å². The maximum Gasteiger partial charge on any atom is 0.267 e. The molecular weight excluding hydrogens is 400 g/mol. The van der Waals surface area contributed by atoms with Crippen molar-refractivity contribution in [2.75, 3.05) is 4.90 Å². The minimum absolute atomic E-state index is 0.0299. The highest BCUT2D eigenvalue weighted by atomic mass is 35.5. The van der Waals surface area contributed by atoms with Crippen LogP contribution in [-0.4, -0.2) is 17.8 Å². The monoisotopic (exact) mass is 402 g/mol. The fourth-order valence-corrected chi connectivity index (χ4v) is 3.37. The van der Waals surface area contributed by atoms with Crippen molar-refractivity contribution in [3.63, 3.8) is 0 Å². The Hall–Kier alpha value is -1.79. The van der Waals surface area contributed by atoms with Crippen LogP contribution in [0.2, 0.25) is 20.1 Å². The van der Waals surface area contributed by atoms with Crippen molar-refractivity contribution in [2.24, 2.45) is 0 Å². The first-order chi connectivity index (χ1) is 11.3. The molecule has 0 radical (unpaired) electrons. The molecule has 0 bridgehead atoms. The zero-order valence-corrected chi connectivity index (χ0v) is 14.4. The van der Waals surface area contributed by atoms with Gasteiger partial charge in [-0.3, -0.25) is 9.59 Å². The van der Waals surface area contributed by atoms with E-state index in [9.17, 15) is 19.5 Å². The lowest BCUT2D eigenvalue weighted by molar-refractivity contribution is -0.255. The second-order valence-electron chi connectivity index (χ2n) is 4.79. The lowest BCUT2D eigenvalue weighted by atomic mass is 10.1. The van der Waals surface area contributed by atoms with Gasteiger partial charge in [-0.25, -0.2) is 4.90 Å². The molecule has 2 aromatic carbocycles. The van der Waals surface area contributed by atoms with Crippen LogP contribution >= 0.6 is 46.4 Å². The number of carbonyl (C=O) groups excluding carboxylic acids is 3. The van der Waals surface area contributed by atoms with Crippen LogP contribution in [0.3, 0.4) is 0 Å². The van der Waals surface area contributed by atoms with Gasteiger partial charge in [-0.2, -0.15) is 0 Å². The third kappa shape index (κ3) is 2.36. The molecule has 5 nitrogen and oxygen atoms in total. The molecule has 2 aromatic rings. The number of anilines is 1. The molecule has 0 saturated heterocycles. The Morgan fingerprint density at radius 1 is 0.875 bits per heavy atom. The Balaban J connectivity index is 2.22. The van der Waals surface area contributed by atoms with E-state index in [2.05, 4.69) is 0 Å². The quantitative estimate of drug-likeness (QED) is 0.437. The summed E-state index contributed by atoms with van der Waals surface area (Å²) < 4.78 is 0. The van der Waals surface area contributed by atoms with Crippen molar-refractivity contribution in [2.45, 2.75) is 0 Å². The van der Waals surface area contributed by atoms with Gasteiger partial charge in [-0.1, -0.05) is 58.5 Å². The minimum atomic E-state index is -1.45. The first-order valence-electron chi connectivity index (χ1n) is 6.31. The number of halogens is 4. The molecule has 1 heterocycles. The maximum absolute atomic E-state index is 12.6. The number of hydrogen-bond acceptors (Lipinski definition) is 4. The van der Waals surface area contributed by atoms with Crippen molar-refractivity contribution in [1.29, 1.82) is 0 Å². The predicted molar refractivity (Wildman–Crippen MR) is 88.4 cm³/mol. The Labute approximate surface area is 155 Å². The first-order valence-corrected chi connectivity index (χ1v) is 7.83. The standard InChI is InChI=1S/C15H5Cl4NO4/c16-9-7-8(10(17)12(19)11(9)18)14(22)20(13(7)21)6-3-1-2-5(4-6)15(23)24/h1-4H,(H,23,24)/p-1. The number of benzene rings is 2. The number of fused-ring (bicyclic) bond motifs is 1. The van der Waals surface area contributed by atoms with Crippen LogP contribution in [0.1, 0.15) is 31.1 Å². The molecular formula is C15H4Cl4NO4-. The molecule has 0 spiro atoms. The SMILES string of the molecule is O=C([O-])c1cccc(N2C(=O)c3c(Cl)c(Cl)c(Cl)c(Cl)c3C2=O)c1. The van der Waals surface area contributed by atoms with Crippen LogP contribution in [0, 0.1) is 0 Å². The molecule has 1 aliphatic heterocycles. The van der Waals surface area contributed by atoms with E-state index < -0.39 is 17.8 Å². The van der Waals surface area contributed by atoms with E-state index >= 15 is 0 Å². The maximum atomic E-state index is 12.6. The lowest BCUT2D eigenvalue weighted by Gasteiger charge is -2.15. The molecule has 0 aromatic heterocycles. The average molecular weight is 404 g/mol. The molecule has 0 unspecified atom stereocenters. The number of aromatic carboxylic acids is 1. The van der Waals surface area contributed by atoms with Crippen molar-refractivity contribution in [3.05, 3.63) is 61.0 Å². The topological polar surface area (TPSA) is 77.5 Å². The lowest BCUT2D eigenvalue weighted by Crippen LogP contribution is -2.30. The molecule has 0 aliphatic carbocycles. The number of amides is 2.